The number of halogens is 1. The molecule has 0 spiro atoms. The van der Waals surface area contributed by atoms with Gasteiger partial charge < -0.3 is 5.32 Å². The Kier molecular flexibility index (Phi) is 6.02. The van der Waals surface area contributed by atoms with E-state index in [-0.39, 0.29) is 18.0 Å². The molecule has 128 valence electrons. The van der Waals surface area contributed by atoms with Crippen molar-refractivity contribution < 1.29 is 4.79 Å². The van der Waals surface area contributed by atoms with Crippen LogP contribution in [-0.4, -0.2) is 11.9 Å². The van der Waals surface area contributed by atoms with Crippen LogP contribution in [0.3, 0.4) is 0 Å². The molecule has 1 heterocycles. The number of carbonyl (C=O) groups excluding carboxylic acids is 1. The van der Waals surface area contributed by atoms with Gasteiger partial charge in [-0.1, -0.05) is 52.3 Å². The molecule has 2 N–H and O–H groups in total. The number of rotatable bonds is 6. The second-order valence-electron chi connectivity index (χ2n) is 5.74. The molecule has 0 saturated heterocycles. The average Bonchev–Trinajstić information content (AvgIpc) is 3.16. The van der Waals surface area contributed by atoms with E-state index in [2.05, 4.69) is 50.1 Å². The van der Waals surface area contributed by atoms with Crippen molar-refractivity contribution in [1.29, 1.82) is 0 Å². The molecule has 0 bridgehead atoms. The lowest BCUT2D eigenvalue weighted by atomic mass is 10.0. The van der Waals surface area contributed by atoms with Crippen LogP contribution < -0.4 is 10.6 Å². The second kappa shape index (κ2) is 8.43. The van der Waals surface area contributed by atoms with Crippen molar-refractivity contribution in [3.8, 4) is 0 Å². The number of hydrogen-bond donors (Lipinski definition) is 2. The fourth-order valence-corrected chi connectivity index (χ4v) is 3.63. The van der Waals surface area contributed by atoms with E-state index in [1.54, 1.807) is 11.3 Å². The number of amides is 1. The fourth-order valence-electron chi connectivity index (χ4n) is 2.55. The molecule has 3 aromatic rings. The molecular formula is C20H19BrN2OS. The van der Waals surface area contributed by atoms with Crippen LogP contribution in [0.15, 0.2) is 76.6 Å². The third-order valence-corrected chi connectivity index (χ3v) is 5.35. The van der Waals surface area contributed by atoms with Gasteiger partial charge in [0.15, 0.2) is 0 Å². The highest BCUT2D eigenvalue weighted by atomic mass is 79.9. The molecule has 0 aliphatic rings. The van der Waals surface area contributed by atoms with Gasteiger partial charge in [-0.25, -0.2) is 0 Å². The zero-order valence-corrected chi connectivity index (χ0v) is 16.2. The summed E-state index contributed by atoms with van der Waals surface area (Å²) in [6.07, 6.45) is 0. The Balaban J connectivity index is 1.72. The van der Waals surface area contributed by atoms with E-state index < -0.39 is 0 Å². The third kappa shape index (κ3) is 4.78. The fraction of sp³-hybridized carbons (Fsp3) is 0.150. The van der Waals surface area contributed by atoms with Gasteiger partial charge in [0, 0.05) is 15.0 Å². The predicted molar refractivity (Wildman–Crippen MR) is 108 cm³/mol. The van der Waals surface area contributed by atoms with Gasteiger partial charge in [-0.05, 0) is 48.2 Å². The molecule has 1 aromatic heterocycles. The SMILES string of the molecule is C[C@H](N[C@@H](c1ccccc1)c1cccs1)C(=O)Nc1ccc(Br)cc1. The van der Waals surface area contributed by atoms with E-state index in [1.165, 1.54) is 4.88 Å². The molecule has 0 radical (unpaired) electrons. The molecule has 0 aliphatic heterocycles. The lowest BCUT2D eigenvalue weighted by Crippen LogP contribution is -2.40. The Morgan fingerprint density at radius 3 is 2.36 bits per heavy atom. The minimum atomic E-state index is -0.337. The summed E-state index contributed by atoms with van der Waals surface area (Å²) in [5.74, 6) is -0.0557. The van der Waals surface area contributed by atoms with Crippen LogP contribution in [0.1, 0.15) is 23.4 Å². The van der Waals surface area contributed by atoms with Gasteiger partial charge in [0.2, 0.25) is 5.91 Å². The van der Waals surface area contributed by atoms with E-state index in [4.69, 9.17) is 0 Å². The summed E-state index contributed by atoms with van der Waals surface area (Å²) in [6, 6.07) is 21.5. The predicted octanol–water partition coefficient (Wildman–Crippen LogP) is 5.22. The van der Waals surface area contributed by atoms with Crippen LogP contribution in [0, 0.1) is 0 Å². The molecule has 5 heteroatoms. The summed E-state index contributed by atoms with van der Waals surface area (Å²) in [6.45, 7) is 1.89. The van der Waals surface area contributed by atoms with E-state index in [0.717, 1.165) is 15.7 Å². The summed E-state index contributed by atoms with van der Waals surface area (Å²) in [4.78, 5) is 13.7. The maximum absolute atomic E-state index is 12.6. The number of nitrogens with one attached hydrogen (secondary N) is 2. The Morgan fingerprint density at radius 1 is 1.00 bits per heavy atom. The Hall–Kier alpha value is -1.95. The summed E-state index contributed by atoms with van der Waals surface area (Å²) in [5.41, 5.74) is 1.93. The lowest BCUT2D eigenvalue weighted by molar-refractivity contribution is -0.117. The molecule has 25 heavy (non-hydrogen) atoms. The van der Waals surface area contributed by atoms with Crippen molar-refractivity contribution in [2.24, 2.45) is 0 Å². The summed E-state index contributed by atoms with van der Waals surface area (Å²) >= 11 is 5.08. The number of carbonyl (C=O) groups is 1. The first-order chi connectivity index (χ1) is 12.1. The molecule has 0 aliphatic carbocycles. The van der Waals surface area contributed by atoms with Gasteiger partial charge in [0.05, 0.1) is 12.1 Å². The average molecular weight is 415 g/mol. The number of benzene rings is 2. The Morgan fingerprint density at radius 2 is 1.72 bits per heavy atom. The van der Waals surface area contributed by atoms with Crippen molar-refractivity contribution >= 4 is 38.9 Å². The van der Waals surface area contributed by atoms with Crippen LogP contribution in [0.5, 0.6) is 0 Å². The molecule has 1 amide bonds. The van der Waals surface area contributed by atoms with Crippen molar-refractivity contribution in [3.63, 3.8) is 0 Å². The summed E-state index contributed by atoms with van der Waals surface area (Å²) in [5, 5.41) is 8.46. The second-order valence-corrected chi connectivity index (χ2v) is 7.64. The van der Waals surface area contributed by atoms with E-state index in [1.807, 2.05) is 55.5 Å². The monoisotopic (exact) mass is 414 g/mol. The highest BCUT2D eigenvalue weighted by Crippen LogP contribution is 2.26. The first-order valence-electron chi connectivity index (χ1n) is 8.04. The van der Waals surface area contributed by atoms with Gasteiger partial charge in [-0.2, -0.15) is 0 Å². The quantitative estimate of drug-likeness (QED) is 0.580. The number of hydrogen-bond acceptors (Lipinski definition) is 3. The van der Waals surface area contributed by atoms with Crippen molar-refractivity contribution in [2.45, 2.75) is 19.0 Å². The summed E-state index contributed by atoms with van der Waals surface area (Å²) < 4.78 is 0.985. The first-order valence-corrected chi connectivity index (χ1v) is 9.71. The molecular weight excluding hydrogens is 396 g/mol. The van der Waals surface area contributed by atoms with Gasteiger partial charge >= 0.3 is 0 Å². The van der Waals surface area contributed by atoms with Crippen LogP contribution in [0.2, 0.25) is 0 Å². The highest BCUT2D eigenvalue weighted by Gasteiger charge is 2.21. The van der Waals surface area contributed by atoms with E-state index >= 15 is 0 Å². The highest BCUT2D eigenvalue weighted by molar-refractivity contribution is 9.10. The molecule has 0 fully saturated rings. The maximum Gasteiger partial charge on any atom is 0.241 e. The van der Waals surface area contributed by atoms with Crippen LogP contribution in [0.25, 0.3) is 0 Å². The molecule has 0 unspecified atom stereocenters. The van der Waals surface area contributed by atoms with Gasteiger partial charge in [-0.3, -0.25) is 10.1 Å². The molecule has 2 atom stereocenters. The summed E-state index contributed by atoms with van der Waals surface area (Å²) in [7, 11) is 0. The topological polar surface area (TPSA) is 41.1 Å². The molecule has 3 rings (SSSR count). The Bertz CT molecular complexity index is 803. The normalized spacial score (nSPS) is 13.2. The van der Waals surface area contributed by atoms with Crippen molar-refractivity contribution in [1.82, 2.24) is 5.32 Å². The standard InChI is InChI=1S/C20H19BrN2OS/c1-14(20(24)23-17-11-9-16(21)10-12-17)22-19(18-8-5-13-25-18)15-6-3-2-4-7-15/h2-14,19,22H,1H3,(H,23,24)/t14-,19-/m0/s1. The third-order valence-electron chi connectivity index (χ3n) is 3.88. The van der Waals surface area contributed by atoms with Crippen LogP contribution in [0.4, 0.5) is 5.69 Å². The number of thiophene rings is 1. The van der Waals surface area contributed by atoms with Gasteiger partial charge in [0.1, 0.15) is 0 Å². The smallest absolute Gasteiger partial charge is 0.241 e. The maximum atomic E-state index is 12.6. The van der Waals surface area contributed by atoms with Gasteiger partial charge in [0.25, 0.3) is 0 Å². The zero-order valence-electron chi connectivity index (χ0n) is 13.8. The minimum absolute atomic E-state index is 0.00753. The zero-order chi connectivity index (χ0) is 17.6. The molecule has 0 saturated carbocycles. The lowest BCUT2D eigenvalue weighted by Gasteiger charge is -2.22. The molecule has 3 nitrogen and oxygen atoms in total. The van der Waals surface area contributed by atoms with Crippen molar-refractivity contribution in [3.05, 3.63) is 87.0 Å². The molecule has 2 aromatic carbocycles. The largest absolute Gasteiger partial charge is 0.325 e. The van der Waals surface area contributed by atoms with E-state index in [9.17, 15) is 4.79 Å². The van der Waals surface area contributed by atoms with Crippen LogP contribution >= 0.6 is 27.3 Å². The first kappa shape index (κ1) is 17.9. The van der Waals surface area contributed by atoms with Gasteiger partial charge in [-0.15, -0.1) is 11.3 Å². The minimum Gasteiger partial charge on any atom is -0.325 e. The van der Waals surface area contributed by atoms with Crippen LogP contribution in [-0.2, 0) is 4.79 Å². The van der Waals surface area contributed by atoms with E-state index in [0.29, 0.717) is 0 Å². The number of anilines is 1. The Labute approximate surface area is 160 Å². The van der Waals surface area contributed by atoms with Crippen molar-refractivity contribution in [2.75, 3.05) is 5.32 Å².